The first-order valence-corrected chi connectivity index (χ1v) is 8.06. The molecular weight excluding hydrogens is 318 g/mol. The number of ether oxygens (including phenoxy) is 1. The molecule has 0 bridgehead atoms. The van der Waals surface area contributed by atoms with E-state index in [1.54, 1.807) is 40.0 Å². The normalized spacial score (nSPS) is 16.6. The smallest absolute Gasteiger partial charge is 0.423 e. The highest BCUT2D eigenvalue weighted by atomic mass is 35.5. The van der Waals surface area contributed by atoms with E-state index in [1.165, 1.54) is 0 Å². The average Bonchev–Trinajstić information content (AvgIpc) is 2.46. The molecule has 1 aromatic heterocycles. The summed E-state index contributed by atoms with van der Waals surface area (Å²) in [5, 5.41) is 21.0. The van der Waals surface area contributed by atoms with Crippen molar-refractivity contribution >= 4 is 30.0 Å². The van der Waals surface area contributed by atoms with Crippen LogP contribution in [0.15, 0.2) is 12.3 Å². The van der Waals surface area contributed by atoms with Gasteiger partial charge in [0.25, 0.3) is 0 Å². The molecule has 0 aliphatic carbocycles. The summed E-state index contributed by atoms with van der Waals surface area (Å²) in [4.78, 5) is 6.33. The fourth-order valence-electron chi connectivity index (χ4n) is 2.12. The Morgan fingerprint density at radius 1 is 1.30 bits per heavy atom. The summed E-state index contributed by atoms with van der Waals surface area (Å²) < 4.78 is 11.0. The van der Waals surface area contributed by atoms with Crippen molar-refractivity contribution in [1.29, 1.82) is 0 Å². The van der Waals surface area contributed by atoms with Crippen LogP contribution in [0.5, 0.6) is 0 Å². The number of nitrogens with zero attached hydrogens (tertiary/aromatic N) is 2. The van der Waals surface area contributed by atoms with Gasteiger partial charge in [0.05, 0.1) is 29.4 Å². The number of pyridine rings is 1. The zero-order valence-electron chi connectivity index (χ0n) is 14.0. The summed E-state index contributed by atoms with van der Waals surface area (Å²) in [6.45, 7) is 9.33. The van der Waals surface area contributed by atoms with Crippen LogP contribution in [-0.4, -0.2) is 59.7 Å². The third kappa shape index (κ3) is 4.16. The SMILES string of the molecule is CC(C)(O)C(C)(C)OB(O)c1ccnc(N2CCOCC2)c1Cl. The van der Waals surface area contributed by atoms with Gasteiger partial charge in [0.15, 0.2) is 0 Å². The Kier molecular flexibility index (Phi) is 5.58. The Bertz CT molecular complexity index is 545. The molecule has 0 unspecified atom stereocenters. The lowest BCUT2D eigenvalue weighted by molar-refractivity contribution is -0.0982. The quantitative estimate of drug-likeness (QED) is 0.772. The van der Waals surface area contributed by atoms with Crippen molar-refractivity contribution in [3.05, 3.63) is 17.3 Å². The molecule has 1 aliphatic rings. The summed E-state index contributed by atoms with van der Waals surface area (Å²) in [6, 6.07) is 1.62. The predicted molar refractivity (Wildman–Crippen MR) is 91.3 cm³/mol. The van der Waals surface area contributed by atoms with Crippen molar-refractivity contribution in [2.24, 2.45) is 0 Å². The van der Waals surface area contributed by atoms with Crippen LogP contribution < -0.4 is 10.4 Å². The van der Waals surface area contributed by atoms with Gasteiger partial charge in [-0.1, -0.05) is 11.6 Å². The van der Waals surface area contributed by atoms with Crippen LogP contribution in [-0.2, 0) is 9.39 Å². The van der Waals surface area contributed by atoms with Crippen LogP contribution in [0.1, 0.15) is 27.7 Å². The monoisotopic (exact) mass is 342 g/mol. The Morgan fingerprint density at radius 3 is 2.48 bits per heavy atom. The lowest BCUT2D eigenvalue weighted by Crippen LogP contribution is -2.53. The first-order chi connectivity index (χ1) is 10.6. The van der Waals surface area contributed by atoms with Gasteiger partial charge in [0.1, 0.15) is 5.82 Å². The van der Waals surface area contributed by atoms with Crippen molar-refractivity contribution in [3.8, 4) is 0 Å². The molecule has 6 nitrogen and oxygen atoms in total. The molecule has 0 atom stereocenters. The molecule has 0 aromatic carbocycles. The van der Waals surface area contributed by atoms with Gasteiger partial charge >= 0.3 is 7.12 Å². The fourth-order valence-corrected chi connectivity index (χ4v) is 2.44. The summed E-state index contributed by atoms with van der Waals surface area (Å²) in [6.07, 6.45) is 1.59. The molecule has 23 heavy (non-hydrogen) atoms. The van der Waals surface area contributed by atoms with Gasteiger partial charge in [0, 0.05) is 24.7 Å². The highest BCUT2D eigenvalue weighted by Gasteiger charge is 2.40. The Balaban J connectivity index is 2.22. The Hall–Kier alpha value is -0.855. The number of halogens is 1. The van der Waals surface area contributed by atoms with E-state index in [4.69, 9.17) is 21.0 Å². The van der Waals surface area contributed by atoms with Crippen LogP contribution in [0.2, 0.25) is 5.02 Å². The van der Waals surface area contributed by atoms with Crippen molar-refractivity contribution < 1.29 is 19.5 Å². The molecule has 2 heterocycles. The van der Waals surface area contributed by atoms with Gasteiger partial charge in [-0.15, -0.1) is 0 Å². The van der Waals surface area contributed by atoms with Crippen LogP contribution in [0.3, 0.4) is 0 Å². The van der Waals surface area contributed by atoms with Crippen molar-refractivity contribution in [3.63, 3.8) is 0 Å². The molecule has 1 fully saturated rings. The first kappa shape index (κ1) is 18.5. The predicted octanol–water partition coefficient (Wildman–Crippen LogP) is 0.825. The zero-order valence-corrected chi connectivity index (χ0v) is 14.8. The number of rotatable bonds is 5. The fraction of sp³-hybridized carbons (Fsp3) is 0.667. The van der Waals surface area contributed by atoms with Crippen molar-refractivity contribution in [2.45, 2.75) is 38.9 Å². The highest BCUT2D eigenvalue weighted by molar-refractivity contribution is 6.64. The molecule has 8 heteroatoms. The average molecular weight is 343 g/mol. The van der Waals surface area contributed by atoms with E-state index in [9.17, 15) is 10.1 Å². The largest absolute Gasteiger partial charge is 0.493 e. The molecule has 128 valence electrons. The first-order valence-electron chi connectivity index (χ1n) is 7.69. The number of hydrogen-bond donors (Lipinski definition) is 2. The molecule has 0 spiro atoms. The lowest BCUT2D eigenvalue weighted by Gasteiger charge is -2.38. The summed E-state index contributed by atoms with van der Waals surface area (Å²) in [5.41, 5.74) is -1.65. The maximum Gasteiger partial charge on any atom is 0.493 e. The second-order valence-electron chi connectivity index (χ2n) is 6.68. The van der Waals surface area contributed by atoms with Gasteiger partial charge in [-0.2, -0.15) is 0 Å². The van der Waals surface area contributed by atoms with Gasteiger partial charge in [-0.05, 0) is 33.8 Å². The second-order valence-corrected chi connectivity index (χ2v) is 7.05. The summed E-state index contributed by atoms with van der Waals surface area (Å²) in [5.74, 6) is 0.608. The maximum atomic E-state index is 10.4. The van der Waals surface area contributed by atoms with Crippen LogP contribution >= 0.6 is 11.6 Å². The molecule has 1 aliphatic heterocycles. The molecule has 0 amide bonds. The van der Waals surface area contributed by atoms with Gasteiger partial charge < -0.3 is 24.4 Å². The minimum atomic E-state index is -1.26. The van der Waals surface area contributed by atoms with Crippen molar-refractivity contribution in [1.82, 2.24) is 4.98 Å². The van der Waals surface area contributed by atoms with E-state index in [-0.39, 0.29) is 0 Å². The third-order valence-electron chi connectivity index (χ3n) is 4.36. The molecule has 1 aromatic rings. The van der Waals surface area contributed by atoms with E-state index in [1.807, 2.05) is 4.90 Å². The highest BCUT2D eigenvalue weighted by Crippen LogP contribution is 2.27. The van der Waals surface area contributed by atoms with Gasteiger partial charge in [-0.3, -0.25) is 0 Å². The molecule has 2 rings (SSSR count). The third-order valence-corrected chi connectivity index (χ3v) is 4.74. The van der Waals surface area contributed by atoms with E-state index >= 15 is 0 Å². The van der Waals surface area contributed by atoms with Gasteiger partial charge in [0.2, 0.25) is 0 Å². The Morgan fingerprint density at radius 2 is 1.91 bits per heavy atom. The van der Waals surface area contributed by atoms with Gasteiger partial charge in [-0.25, -0.2) is 4.98 Å². The number of morpholine rings is 1. The standard InChI is InChI=1S/C15H24BClN2O4/c1-14(2,20)15(3,4)23-16(21)11-5-6-18-13(12(11)17)19-7-9-22-10-8-19/h5-6,20-21H,7-10H2,1-4H3. The minimum Gasteiger partial charge on any atom is -0.423 e. The lowest BCUT2D eigenvalue weighted by atomic mass is 9.77. The zero-order chi connectivity index (χ0) is 17.3. The topological polar surface area (TPSA) is 75.0 Å². The summed E-state index contributed by atoms with van der Waals surface area (Å²) >= 11 is 6.43. The number of anilines is 1. The maximum absolute atomic E-state index is 10.4. The van der Waals surface area contributed by atoms with Crippen LogP contribution in [0.4, 0.5) is 5.82 Å². The second kappa shape index (κ2) is 6.95. The van der Waals surface area contributed by atoms with Crippen LogP contribution in [0.25, 0.3) is 0 Å². The Labute approximate surface area is 142 Å². The summed E-state index contributed by atoms with van der Waals surface area (Å²) in [7, 11) is -1.26. The van der Waals surface area contributed by atoms with E-state index in [2.05, 4.69) is 4.98 Å². The van der Waals surface area contributed by atoms with E-state index in [0.29, 0.717) is 42.6 Å². The number of hydrogen-bond acceptors (Lipinski definition) is 6. The van der Waals surface area contributed by atoms with E-state index in [0.717, 1.165) is 0 Å². The van der Waals surface area contributed by atoms with Crippen LogP contribution in [0, 0.1) is 0 Å². The molecule has 2 N–H and O–H groups in total. The van der Waals surface area contributed by atoms with Crippen molar-refractivity contribution in [2.75, 3.05) is 31.2 Å². The number of aliphatic hydroxyl groups is 1. The van der Waals surface area contributed by atoms with E-state index < -0.39 is 18.3 Å². The molecule has 0 saturated carbocycles. The number of aromatic nitrogens is 1. The molecule has 1 saturated heterocycles. The molecule has 0 radical (unpaired) electrons. The minimum absolute atomic E-state index is 0.355. The molecular formula is C15H24BClN2O4.